The molecule has 1 aromatic carbocycles. The molecule has 0 aliphatic carbocycles. The third-order valence-electron chi connectivity index (χ3n) is 4.61. The molecule has 0 radical (unpaired) electrons. The zero-order valence-corrected chi connectivity index (χ0v) is 14.5. The Balaban J connectivity index is 1.57. The van der Waals surface area contributed by atoms with E-state index < -0.39 is 0 Å². The van der Waals surface area contributed by atoms with Gasteiger partial charge in [0.25, 0.3) is 0 Å². The lowest BCUT2D eigenvalue weighted by Crippen LogP contribution is -2.53. The highest BCUT2D eigenvalue weighted by atomic mass is 32.1. The zero-order chi connectivity index (χ0) is 16.8. The number of hydrogen-bond donors (Lipinski definition) is 2. The van der Waals surface area contributed by atoms with E-state index in [0.717, 1.165) is 31.6 Å². The number of piperidine rings is 1. The summed E-state index contributed by atoms with van der Waals surface area (Å²) in [6.07, 6.45) is 1.32. The lowest BCUT2D eigenvalue weighted by molar-refractivity contribution is -0.122. The van der Waals surface area contributed by atoms with Crippen molar-refractivity contribution in [2.24, 2.45) is 5.92 Å². The maximum absolute atomic E-state index is 12.3. The monoisotopic (exact) mass is 344 g/mol. The molecule has 2 heterocycles. The molecule has 2 aromatic rings. The maximum atomic E-state index is 12.3. The van der Waals surface area contributed by atoms with Gasteiger partial charge >= 0.3 is 0 Å². The van der Waals surface area contributed by atoms with Crippen molar-refractivity contribution in [3.8, 4) is 0 Å². The van der Waals surface area contributed by atoms with Gasteiger partial charge in [0, 0.05) is 31.7 Å². The number of aliphatic hydroxyl groups is 1. The number of aliphatic hydroxyl groups excluding tert-OH is 1. The number of carbonyl (C=O) groups is 1. The van der Waals surface area contributed by atoms with Crippen molar-refractivity contribution >= 4 is 17.2 Å². The second kappa shape index (κ2) is 8.42. The lowest BCUT2D eigenvalue weighted by atomic mass is 9.91. The molecule has 1 aliphatic rings. The van der Waals surface area contributed by atoms with Crippen LogP contribution in [0.5, 0.6) is 0 Å². The standard InChI is InChI=1S/C19H24N2O2S/c22-13-17-6-8-21(11-15-4-2-1-3-5-15)12-18(17)20-19(23)10-16-7-9-24-14-16/h1-5,7,9,14,17-18,22H,6,8,10-13H2,(H,20,23)/t17-,18+/m0/s1. The summed E-state index contributed by atoms with van der Waals surface area (Å²) in [4.78, 5) is 14.7. The van der Waals surface area contributed by atoms with Gasteiger partial charge < -0.3 is 10.4 Å². The SMILES string of the molecule is O=C(Cc1ccsc1)N[C@@H]1CN(Cc2ccccc2)CC[C@H]1CO. The minimum atomic E-state index is 0.0126. The zero-order valence-electron chi connectivity index (χ0n) is 13.7. The molecule has 24 heavy (non-hydrogen) atoms. The summed E-state index contributed by atoms with van der Waals surface area (Å²) < 4.78 is 0. The van der Waals surface area contributed by atoms with E-state index in [1.807, 2.05) is 22.9 Å². The third-order valence-corrected chi connectivity index (χ3v) is 5.35. The Bertz CT molecular complexity index is 630. The number of nitrogens with zero attached hydrogens (tertiary/aromatic N) is 1. The molecule has 1 saturated heterocycles. The summed E-state index contributed by atoms with van der Waals surface area (Å²) in [5.74, 6) is 0.182. The molecule has 0 saturated carbocycles. The van der Waals surface area contributed by atoms with Gasteiger partial charge in [0.2, 0.25) is 5.91 Å². The molecule has 1 amide bonds. The number of rotatable bonds is 6. The van der Waals surface area contributed by atoms with Crippen LogP contribution in [0.25, 0.3) is 0 Å². The maximum Gasteiger partial charge on any atom is 0.224 e. The van der Waals surface area contributed by atoms with Crippen molar-refractivity contribution in [2.45, 2.75) is 25.4 Å². The first-order valence-corrected chi connectivity index (χ1v) is 9.36. The van der Waals surface area contributed by atoms with Crippen LogP contribution >= 0.6 is 11.3 Å². The van der Waals surface area contributed by atoms with Crippen LogP contribution in [0.1, 0.15) is 17.5 Å². The van der Waals surface area contributed by atoms with Gasteiger partial charge in [-0.05, 0) is 40.9 Å². The quantitative estimate of drug-likeness (QED) is 0.845. The van der Waals surface area contributed by atoms with E-state index in [0.29, 0.717) is 6.42 Å². The average molecular weight is 344 g/mol. The molecular formula is C19H24N2O2S. The molecule has 0 spiro atoms. The molecule has 1 aliphatic heterocycles. The first-order valence-electron chi connectivity index (χ1n) is 8.42. The second-order valence-corrected chi connectivity index (χ2v) is 7.21. The molecule has 2 atom stereocenters. The number of hydrogen-bond acceptors (Lipinski definition) is 4. The van der Waals surface area contributed by atoms with Crippen molar-refractivity contribution in [3.63, 3.8) is 0 Å². The Kier molecular flexibility index (Phi) is 6.01. The molecule has 0 bridgehead atoms. The van der Waals surface area contributed by atoms with E-state index in [1.165, 1.54) is 5.56 Å². The van der Waals surface area contributed by atoms with Gasteiger partial charge in [-0.25, -0.2) is 0 Å². The van der Waals surface area contributed by atoms with Gasteiger partial charge in [-0.1, -0.05) is 30.3 Å². The van der Waals surface area contributed by atoms with E-state index in [9.17, 15) is 9.90 Å². The minimum absolute atomic E-state index is 0.0126. The Hall–Kier alpha value is -1.69. The van der Waals surface area contributed by atoms with Crippen LogP contribution in [0.4, 0.5) is 0 Å². The molecule has 1 aromatic heterocycles. The molecule has 128 valence electrons. The third kappa shape index (κ3) is 4.66. The van der Waals surface area contributed by atoms with Crippen molar-refractivity contribution < 1.29 is 9.90 Å². The van der Waals surface area contributed by atoms with Crippen molar-refractivity contribution in [3.05, 3.63) is 58.3 Å². The van der Waals surface area contributed by atoms with Gasteiger partial charge in [0.1, 0.15) is 0 Å². The van der Waals surface area contributed by atoms with Crippen LogP contribution in [0.2, 0.25) is 0 Å². The van der Waals surface area contributed by atoms with E-state index >= 15 is 0 Å². The van der Waals surface area contributed by atoms with Gasteiger partial charge in [-0.3, -0.25) is 9.69 Å². The average Bonchev–Trinajstić information content (AvgIpc) is 3.09. The van der Waals surface area contributed by atoms with Crippen LogP contribution in [0.3, 0.4) is 0 Å². The Morgan fingerprint density at radius 2 is 2.08 bits per heavy atom. The fourth-order valence-corrected chi connectivity index (χ4v) is 3.94. The number of thiophene rings is 1. The highest BCUT2D eigenvalue weighted by Gasteiger charge is 2.29. The van der Waals surface area contributed by atoms with E-state index in [2.05, 4.69) is 34.5 Å². The summed E-state index contributed by atoms with van der Waals surface area (Å²) >= 11 is 1.61. The Labute approximate surface area is 147 Å². The Morgan fingerprint density at radius 1 is 1.25 bits per heavy atom. The number of likely N-dealkylation sites (tertiary alicyclic amines) is 1. The fourth-order valence-electron chi connectivity index (χ4n) is 3.27. The molecule has 4 nitrogen and oxygen atoms in total. The first-order chi connectivity index (χ1) is 11.7. The molecule has 5 heteroatoms. The van der Waals surface area contributed by atoms with E-state index in [4.69, 9.17) is 0 Å². The van der Waals surface area contributed by atoms with Crippen LogP contribution in [0, 0.1) is 5.92 Å². The summed E-state index contributed by atoms with van der Waals surface area (Å²) in [5.41, 5.74) is 2.33. The Morgan fingerprint density at radius 3 is 2.79 bits per heavy atom. The predicted octanol–water partition coefficient (Wildman–Crippen LogP) is 2.29. The molecule has 1 fully saturated rings. The molecule has 2 N–H and O–H groups in total. The van der Waals surface area contributed by atoms with Crippen LogP contribution in [-0.4, -0.2) is 41.7 Å². The van der Waals surface area contributed by atoms with Crippen LogP contribution in [-0.2, 0) is 17.8 Å². The first kappa shape index (κ1) is 17.1. The number of carbonyl (C=O) groups excluding carboxylic acids is 1. The molecule has 0 unspecified atom stereocenters. The molecular weight excluding hydrogens is 320 g/mol. The predicted molar refractivity (Wildman–Crippen MR) is 96.9 cm³/mol. The van der Waals surface area contributed by atoms with Crippen molar-refractivity contribution in [1.82, 2.24) is 10.2 Å². The van der Waals surface area contributed by atoms with Crippen LogP contribution in [0.15, 0.2) is 47.2 Å². The fraction of sp³-hybridized carbons (Fsp3) is 0.421. The summed E-state index contributed by atoms with van der Waals surface area (Å²) in [6.45, 7) is 2.75. The number of nitrogens with one attached hydrogen (secondary N) is 1. The smallest absolute Gasteiger partial charge is 0.224 e. The highest BCUT2D eigenvalue weighted by Crippen LogP contribution is 2.20. The van der Waals surface area contributed by atoms with E-state index in [1.54, 1.807) is 11.3 Å². The highest BCUT2D eigenvalue weighted by molar-refractivity contribution is 7.07. The van der Waals surface area contributed by atoms with Crippen molar-refractivity contribution in [2.75, 3.05) is 19.7 Å². The minimum Gasteiger partial charge on any atom is -0.396 e. The summed E-state index contributed by atoms with van der Waals surface area (Å²) in [5, 5.41) is 16.8. The van der Waals surface area contributed by atoms with Gasteiger partial charge in [-0.2, -0.15) is 11.3 Å². The lowest BCUT2D eigenvalue weighted by Gasteiger charge is -2.38. The largest absolute Gasteiger partial charge is 0.396 e. The summed E-state index contributed by atoms with van der Waals surface area (Å²) in [7, 11) is 0. The number of benzene rings is 1. The molecule has 3 rings (SSSR count). The second-order valence-electron chi connectivity index (χ2n) is 6.43. The topological polar surface area (TPSA) is 52.6 Å². The normalized spacial score (nSPS) is 21.5. The van der Waals surface area contributed by atoms with Crippen molar-refractivity contribution in [1.29, 1.82) is 0 Å². The van der Waals surface area contributed by atoms with Gasteiger partial charge in [0.15, 0.2) is 0 Å². The summed E-state index contributed by atoms with van der Waals surface area (Å²) in [6, 6.07) is 12.4. The van der Waals surface area contributed by atoms with Crippen LogP contribution < -0.4 is 5.32 Å². The van der Waals surface area contributed by atoms with Gasteiger partial charge in [0.05, 0.1) is 6.42 Å². The number of amides is 1. The van der Waals surface area contributed by atoms with Gasteiger partial charge in [-0.15, -0.1) is 0 Å². The van der Waals surface area contributed by atoms with E-state index in [-0.39, 0.29) is 24.5 Å².